The molecule has 2 aliphatic rings. The second kappa shape index (κ2) is 6.48. The fourth-order valence-corrected chi connectivity index (χ4v) is 3.40. The first kappa shape index (κ1) is 15.0. The second-order valence-corrected chi connectivity index (χ2v) is 6.06. The first-order valence-corrected chi connectivity index (χ1v) is 7.85. The van der Waals surface area contributed by atoms with Crippen molar-refractivity contribution in [3.05, 3.63) is 35.9 Å². The molecule has 5 nitrogen and oxygen atoms in total. The van der Waals surface area contributed by atoms with Gasteiger partial charge in [-0.3, -0.25) is 9.59 Å². The summed E-state index contributed by atoms with van der Waals surface area (Å²) in [6, 6.07) is 9.82. The number of nitrogens with zero attached hydrogens (tertiary/aromatic N) is 1. The Balaban J connectivity index is 1.74. The van der Waals surface area contributed by atoms with Gasteiger partial charge in [0.1, 0.15) is 0 Å². The standard InChI is InChI=1S/C17H21NO4/c19-16(18-9-8-13(11-18)17(20)21)14-7-4-10-22-15(14)12-5-2-1-3-6-12/h1-3,5-6,13-15H,4,7-11H2,(H,20,21)/t13-,14-,15-/m1/s1. The van der Waals surface area contributed by atoms with Crippen molar-refractivity contribution in [1.82, 2.24) is 4.90 Å². The van der Waals surface area contributed by atoms with Crippen LogP contribution in [0.15, 0.2) is 30.3 Å². The molecule has 3 rings (SSSR count). The van der Waals surface area contributed by atoms with Gasteiger partial charge in [-0.1, -0.05) is 30.3 Å². The third-order valence-corrected chi connectivity index (χ3v) is 4.62. The van der Waals surface area contributed by atoms with Gasteiger partial charge in [0.15, 0.2) is 0 Å². The van der Waals surface area contributed by atoms with Crippen molar-refractivity contribution >= 4 is 11.9 Å². The number of rotatable bonds is 3. The van der Waals surface area contributed by atoms with Crippen LogP contribution in [0, 0.1) is 11.8 Å². The van der Waals surface area contributed by atoms with Crippen molar-refractivity contribution in [2.75, 3.05) is 19.7 Å². The molecule has 2 fully saturated rings. The second-order valence-electron chi connectivity index (χ2n) is 6.06. The average molecular weight is 303 g/mol. The van der Waals surface area contributed by atoms with Crippen molar-refractivity contribution in [1.29, 1.82) is 0 Å². The Morgan fingerprint density at radius 1 is 1.18 bits per heavy atom. The zero-order chi connectivity index (χ0) is 15.5. The Kier molecular flexibility index (Phi) is 4.43. The van der Waals surface area contributed by atoms with E-state index < -0.39 is 11.9 Å². The number of hydrogen-bond donors (Lipinski definition) is 1. The van der Waals surface area contributed by atoms with Gasteiger partial charge in [0.2, 0.25) is 5.91 Å². The van der Waals surface area contributed by atoms with Gasteiger partial charge in [-0.05, 0) is 24.8 Å². The lowest BCUT2D eigenvalue weighted by atomic mass is 9.88. The predicted molar refractivity (Wildman–Crippen MR) is 80.2 cm³/mol. The van der Waals surface area contributed by atoms with Crippen LogP contribution in [0.5, 0.6) is 0 Å². The molecular formula is C17H21NO4. The molecule has 0 saturated carbocycles. The van der Waals surface area contributed by atoms with Crippen molar-refractivity contribution in [3.8, 4) is 0 Å². The van der Waals surface area contributed by atoms with E-state index in [0.717, 1.165) is 18.4 Å². The van der Waals surface area contributed by atoms with Crippen LogP contribution in [0.2, 0.25) is 0 Å². The molecule has 22 heavy (non-hydrogen) atoms. The number of carbonyl (C=O) groups excluding carboxylic acids is 1. The fourth-order valence-electron chi connectivity index (χ4n) is 3.40. The first-order valence-electron chi connectivity index (χ1n) is 7.85. The number of carbonyl (C=O) groups is 2. The van der Waals surface area contributed by atoms with E-state index in [2.05, 4.69) is 0 Å². The summed E-state index contributed by atoms with van der Waals surface area (Å²) in [5.41, 5.74) is 1.02. The summed E-state index contributed by atoms with van der Waals surface area (Å²) in [7, 11) is 0. The molecule has 0 radical (unpaired) electrons. The zero-order valence-electron chi connectivity index (χ0n) is 12.5. The zero-order valence-corrected chi connectivity index (χ0v) is 12.5. The van der Waals surface area contributed by atoms with Gasteiger partial charge in [-0.15, -0.1) is 0 Å². The van der Waals surface area contributed by atoms with E-state index in [1.54, 1.807) is 4.90 Å². The lowest BCUT2D eigenvalue weighted by molar-refractivity contribution is -0.145. The van der Waals surface area contributed by atoms with Gasteiger partial charge in [0.05, 0.1) is 17.9 Å². The lowest BCUT2D eigenvalue weighted by Crippen LogP contribution is -2.40. The molecule has 0 bridgehead atoms. The Morgan fingerprint density at radius 2 is 1.95 bits per heavy atom. The normalized spacial score (nSPS) is 28.5. The van der Waals surface area contributed by atoms with E-state index in [1.807, 2.05) is 30.3 Å². The number of carboxylic acids is 1. The molecule has 2 saturated heterocycles. The number of likely N-dealkylation sites (tertiary alicyclic amines) is 1. The van der Waals surface area contributed by atoms with Gasteiger partial charge in [0, 0.05) is 19.7 Å². The molecule has 118 valence electrons. The summed E-state index contributed by atoms with van der Waals surface area (Å²) in [6.07, 6.45) is 2.00. The van der Waals surface area contributed by atoms with Gasteiger partial charge < -0.3 is 14.7 Å². The minimum absolute atomic E-state index is 0.0392. The molecule has 0 aromatic heterocycles. The van der Waals surface area contributed by atoms with Crippen LogP contribution in [0.1, 0.15) is 30.9 Å². The Morgan fingerprint density at radius 3 is 2.64 bits per heavy atom. The Labute approximate surface area is 129 Å². The topological polar surface area (TPSA) is 66.8 Å². The minimum atomic E-state index is -0.810. The summed E-state index contributed by atoms with van der Waals surface area (Å²) < 4.78 is 5.87. The van der Waals surface area contributed by atoms with E-state index in [0.29, 0.717) is 26.1 Å². The van der Waals surface area contributed by atoms with Crippen LogP contribution in [0.25, 0.3) is 0 Å². The fraction of sp³-hybridized carbons (Fsp3) is 0.529. The summed E-state index contributed by atoms with van der Waals surface area (Å²) in [6.45, 7) is 1.53. The maximum atomic E-state index is 12.8. The SMILES string of the molecule is O=C(O)[C@@H]1CCN(C(=O)[C@@H]2CCCO[C@@H]2c2ccccc2)C1. The van der Waals surface area contributed by atoms with E-state index in [1.165, 1.54) is 0 Å². The first-order chi connectivity index (χ1) is 10.7. The molecule has 0 unspecified atom stereocenters. The molecule has 1 aromatic rings. The predicted octanol–water partition coefficient (Wildman–Crippen LogP) is 2.09. The maximum Gasteiger partial charge on any atom is 0.308 e. The van der Waals surface area contributed by atoms with Gasteiger partial charge in [-0.25, -0.2) is 0 Å². The quantitative estimate of drug-likeness (QED) is 0.928. The minimum Gasteiger partial charge on any atom is -0.481 e. The van der Waals surface area contributed by atoms with Crippen LogP contribution < -0.4 is 0 Å². The number of benzene rings is 1. The lowest BCUT2D eigenvalue weighted by Gasteiger charge is -2.33. The van der Waals surface area contributed by atoms with E-state index in [4.69, 9.17) is 9.84 Å². The smallest absolute Gasteiger partial charge is 0.308 e. The van der Waals surface area contributed by atoms with Crippen molar-refractivity contribution < 1.29 is 19.4 Å². The van der Waals surface area contributed by atoms with Crippen molar-refractivity contribution in [2.24, 2.45) is 11.8 Å². The molecule has 0 aliphatic carbocycles. The van der Waals surface area contributed by atoms with Crippen LogP contribution in [-0.4, -0.2) is 41.6 Å². The van der Waals surface area contributed by atoms with E-state index in [-0.39, 0.29) is 17.9 Å². The highest BCUT2D eigenvalue weighted by Crippen LogP contribution is 2.35. The van der Waals surface area contributed by atoms with Crippen LogP contribution in [0.3, 0.4) is 0 Å². The third-order valence-electron chi connectivity index (χ3n) is 4.62. The number of aliphatic carboxylic acids is 1. The van der Waals surface area contributed by atoms with E-state index in [9.17, 15) is 9.59 Å². The Bertz CT molecular complexity index is 545. The van der Waals surface area contributed by atoms with Crippen LogP contribution in [-0.2, 0) is 14.3 Å². The summed E-state index contributed by atoms with van der Waals surface area (Å²) in [4.78, 5) is 25.6. The van der Waals surface area contributed by atoms with E-state index >= 15 is 0 Å². The number of ether oxygens (including phenoxy) is 1. The molecule has 5 heteroatoms. The molecule has 0 spiro atoms. The monoisotopic (exact) mass is 303 g/mol. The number of hydrogen-bond acceptors (Lipinski definition) is 3. The largest absolute Gasteiger partial charge is 0.481 e. The molecular weight excluding hydrogens is 282 g/mol. The highest BCUT2D eigenvalue weighted by molar-refractivity contribution is 5.81. The molecule has 1 aromatic carbocycles. The number of carboxylic acid groups (broad SMARTS) is 1. The van der Waals surface area contributed by atoms with Gasteiger partial charge in [0.25, 0.3) is 0 Å². The summed E-state index contributed by atoms with van der Waals surface area (Å²) in [5, 5.41) is 9.09. The van der Waals surface area contributed by atoms with Gasteiger partial charge in [-0.2, -0.15) is 0 Å². The van der Waals surface area contributed by atoms with Gasteiger partial charge >= 0.3 is 5.97 Å². The molecule has 2 aliphatic heterocycles. The molecule has 2 heterocycles. The Hall–Kier alpha value is -1.88. The highest BCUT2D eigenvalue weighted by Gasteiger charge is 2.39. The molecule has 3 atom stereocenters. The van der Waals surface area contributed by atoms with Crippen LogP contribution in [0.4, 0.5) is 0 Å². The van der Waals surface area contributed by atoms with Crippen molar-refractivity contribution in [2.45, 2.75) is 25.4 Å². The molecule has 1 amide bonds. The maximum absolute atomic E-state index is 12.8. The summed E-state index contributed by atoms with van der Waals surface area (Å²) in [5.74, 6) is -1.40. The third kappa shape index (κ3) is 2.99. The van der Waals surface area contributed by atoms with Crippen molar-refractivity contribution in [3.63, 3.8) is 0 Å². The highest BCUT2D eigenvalue weighted by atomic mass is 16.5. The van der Waals surface area contributed by atoms with Crippen LogP contribution >= 0.6 is 0 Å². The number of amides is 1. The summed E-state index contributed by atoms with van der Waals surface area (Å²) >= 11 is 0. The average Bonchev–Trinajstić information content (AvgIpc) is 3.05. The molecule has 1 N–H and O–H groups in total.